The lowest BCUT2D eigenvalue weighted by Crippen LogP contribution is -2.37. The minimum atomic E-state index is -2.27. The van der Waals surface area contributed by atoms with Crippen molar-refractivity contribution in [3.05, 3.63) is 83.9 Å². The number of nitrogen functional groups attached to an aromatic ring is 1. The van der Waals surface area contributed by atoms with E-state index < -0.39 is 11.3 Å². The fourth-order valence-electron chi connectivity index (χ4n) is 3.59. The molecule has 9 heteroatoms. The Morgan fingerprint density at radius 3 is 2.47 bits per heavy atom. The molecule has 0 saturated carbocycles. The second kappa shape index (κ2) is 11.4. The van der Waals surface area contributed by atoms with Crippen LogP contribution in [0.1, 0.15) is 25.0 Å². The maximum atomic E-state index is 13.2. The highest BCUT2D eigenvalue weighted by Crippen LogP contribution is 2.31. The first-order chi connectivity index (χ1) is 16.2. The zero-order valence-electron chi connectivity index (χ0n) is 19.1. The van der Waals surface area contributed by atoms with Crippen LogP contribution in [0.5, 0.6) is 0 Å². The fourth-order valence-corrected chi connectivity index (χ4v) is 3.95. The van der Waals surface area contributed by atoms with Crippen molar-refractivity contribution in [3.8, 4) is 11.1 Å². The molecule has 1 atom stereocenters. The molecule has 0 aliphatic carbocycles. The number of benzene rings is 3. The first-order valence-electron chi connectivity index (χ1n) is 10.8. The fraction of sp³-hybridized carbons (Fsp3) is 0.200. The van der Waals surface area contributed by atoms with E-state index in [1.807, 2.05) is 56.3 Å². The lowest BCUT2D eigenvalue weighted by atomic mass is 10.0. The Labute approximate surface area is 202 Å². The molecule has 0 radical (unpaired) electrons. The van der Waals surface area contributed by atoms with Crippen LogP contribution in [0, 0.1) is 11.3 Å². The van der Waals surface area contributed by atoms with Gasteiger partial charge in [-0.3, -0.25) is 14.7 Å². The number of rotatable bonds is 9. The number of carbonyl (C=O) groups is 1. The Balaban J connectivity index is 1.85. The maximum Gasteiger partial charge on any atom is 0.322 e. The smallest absolute Gasteiger partial charge is 0.322 e. The number of nitrogens with one attached hydrogen (secondary N) is 3. The van der Waals surface area contributed by atoms with Crippen molar-refractivity contribution >= 4 is 34.5 Å². The topological polar surface area (TPSA) is 132 Å². The highest BCUT2D eigenvalue weighted by Gasteiger charge is 2.17. The van der Waals surface area contributed by atoms with Crippen molar-refractivity contribution < 1.29 is 13.6 Å². The van der Waals surface area contributed by atoms with Crippen LogP contribution in [0.25, 0.3) is 11.1 Å². The van der Waals surface area contributed by atoms with Crippen LogP contribution in [0.15, 0.2) is 72.8 Å². The molecule has 0 spiro atoms. The molecule has 34 heavy (non-hydrogen) atoms. The molecular weight excluding hydrogens is 450 g/mol. The summed E-state index contributed by atoms with van der Waals surface area (Å²) in [6.07, 6.45) is 0. The Morgan fingerprint density at radius 2 is 1.82 bits per heavy atom. The van der Waals surface area contributed by atoms with Crippen molar-refractivity contribution in [2.45, 2.75) is 20.4 Å². The van der Waals surface area contributed by atoms with Gasteiger partial charge < -0.3 is 16.0 Å². The van der Waals surface area contributed by atoms with Crippen LogP contribution in [0.2, 0.25) is 0 Å². The minimum absolute atomic E-state index is 0.0264. The molecule has 0 aromatic heterocycles. The zero-order chi connectivity index (χ0) is 24.7. The van der Waals surface area contributed by atoms with E-state index in [-0.39, 0.29) is 17.8 Å². The predicted octanol–water partition coefficient (Wildman–Crippen LogP) is 4.88. The molecule has 0 heterocycles. The summed E-state index contributed by atoms with van der Waals surface area (Å²) in [6.45, 7) is 4.92. The number of urea groups is 1. The molecule has 0 fully saturated rings. The Hall–Kier alpha value is -3.69. The summed E-state index contributed by atoms with van der Waals surface area (Å²) in [4.78, 5) is 14.9. The molecule has 0 aliphatic rings. The zero-order valence-corrected chi connectivity index (χ0v) is 19.9. The van der Waals surface area contributed by atoms with E-state index in [1.165, 1.54) is 0 Å². The highest BCUT2D eigenvalue weighted by molar-refractivity contribution is 7.80. The van der Waals surface area contributed by atoms with E-state index in [9.17, 15) is 13.6 Å². The molecule has 1 unspecified atom stereocenters. The van der Waals surface area contributed by atoms with Gasteiger partial charge in [-0.2, -0.15) is 0 Å². The normalized spacial score (nSPS) is 11.6. The molecule has 3 aromatic rings. The van der Waals surface area contributed by atoms with Gasteiger partial charge in [0.05, 0.1) is 5.69 Å². The Bertz CT molecular complexity index is 1180. The van der Waals surface area contributed by atoms with Crippen LogP contribution in [0.3, 0.4) is 0 Å². The summed E-state index contributed by atoms with van der Waals surface area (Å²) in [5.41, 5.74) is 9.60. The number of carbonyl (C=O) groups excluding carboxylic acids is 1. The van der Waals surface area contributed by atoms with Gasteiger partial charge in [0.2, 0.25) is 0 Å². The summed E-state index contributed by atoms with van der Waals surface area (Å²) < 4.78 is 23.4. The summed E-state index contributed by atoms with van der Waals surface area (Å²) in [5, 5.41) is 10.5. The predicted molar refractivity (Wildman–Crippen MR) is 138 cm³/mol. The summed E-state index contributed by atoms with van der Waals surface area (Å²) in [5.74, 6) is 0.206. The number of nitrogens with two attached hydrogens (primary N) is 1. The second-order valence-electron chi connectivity index (χ2n) is 8.30. The van der Waals surface area contributed by atoms with Gasteiger partial charge in [0.25, 0.3) is 11.3 Å². The van der Waals surface area contributed by atoms with Gasteiger partial charge in [0.1, 0.15) is 5.84 Å². The monoisotopic (exact) mass is 479 g/mol. The summed E-state index contributed by atoms with van der Waals surface area (Å²) in [6, 6.07) is 21.6. The molecule has 178 valence electrons. The molecule has 8 nitrogen and oxygen atoms in total. The van der Waals surface area contributed by atoms with E-state index in [0.29, 0.717) is 30.0 Å². The maximum absolute atomic E-state index is 13.2. The van der Waals surface area contributed by atoms with Gasteiger partial charge in [0, 0.05) is 29.9 Å². The van der Waals surface area contributed by atoms with Gasteiger partial charge in [-0.1, -0.05) is 68.4 Å². The number of hydrogen-bond donors (Lipinski definition) is 5. The van der Waals surface area contributed by atoms with E-state index >= 15 is 0 Å². The molecule has 3 rings (SSSR count). The van der Waals surface area contributed by atoms with Gasteiger partial charge in [-0.05, 0) is 35.2 Å². The van der Waals surface area contributed by atoms with Crippen LogP contribution >= 0.6 is 0 Å². The average molecular weight is 480 g/mol. The largest absolute Gasteiger partial charge is 0.384 e. The van der Waals surface area contributed by atoms with Gasteiger partial charge in [-0.25, -0.2) is 9.00 Å². The summed E-state index contributed by atoms with van der Waals surface area (Å²) >= 11 is -2.27. The first kappa shape index (κ1) is 24.9. The van der Waals surface area contributed by atoms with Gasteiger partial charge >= 0.3 is 6.03 Å². The Kier molecular flexibility index (Phi) is 8.39. The molecule has 3 aromatic carbocycles. The number of hydrogen-bond acceptors (Lipinski definition) is 3. The second-order valence-corrected chi connectivity index (χ2v) is 9.00. The Morgan fingerprint density at radius 1 is 1.09 bits per heavy atom. The van der Waals surface area contributed by atoms with Crippen molar-refractivity contribution in [2.24, 2.45) is 11.7 Å². The SMILES string of the molecule is CC(C)CN(Cc1cccc(C(=N)N)c1)C(=O)Nc1ccc(-c2ccccc2)c(NS(=O)O)c1. The highest BCUT2D eigenvalue weighted by atomic mass is 32.2. The van der Waals surface area contributed by atoms with Crippen LogP contribution < -0.4 is 15.8 Å². The number of amidine groups is 1. The van der Waals surface area contributed by atoms with E-state index in [4.69, 9.17) is 11.1 Å². The quantitative estimate of drug-likeness (QED) is 0.170. The van der Waals surface area contributed by atoms with Crippen LogP contribution in [-0.2, 0) is 17.8 Å². The molecule has 0 bridgehead atoms. The third-order valence-corrected chi connectivity index (χ3v) is 5.43. The van der Waals surface area contributed by atoms with Crippen molar-refractivity contribution in [1.29, 1.82) is 5.41 Å². The van der Waals surface area contributed by atoms with Gasteiger partial charge in [-0.15, -0.1) is 0 Å². The average Bonchev–Trinajstić information content (AvgIpc) is 2.79. The van der Waals surface area contributed by atoms with Crippen molar-refractivity contribution in [3.63, 3.8) is 0 Å². The lowest BCUT2D eigenvalue weighted by Gasteiger charge is -2.25. The van der Waals surface area contributed by atoms with Crippen molar-refractivity contribution in [1.82, 2.24) is 4.90 Å². The van der Waals surface area contributed by atoms with Gasteiger partial charge in [0.15, 0.2) is 0 Å². The molecule has 2 amide bonds. The van der Waals surface area contributed by atoms with Crippen LogP contribution in [0.4, 0.5) is 16.2 Å². The van der Waals surface area contributed by atoms with Crippen molar-refractivity contribution in [2.75, 3.05) is 16.6 Å². The third kappa shape index (κ3) is 6.90. The molecule has 0 saturated heterocycles. The minimum Gasteiger partial charge on any atom is -0.384 e. The van der Waals surface area contributed by atoms with E-state index in [1.54, 1.807) is 35.2 Å². The number of nitrogens with zero attached hydrogens (tertiary/aromatic N) is 1. The molecule has 6 N–H and O–H groups in total. The number of amides is 2. The van der Waals surface area contributed by atoms with E-state index in [0.717, 1.165) is 16.7 Å². The van der Waals surface area contributed by atoms with Crippen LogP contribution in [-0.4, -0.2) is 32.1 Å². The third-order valence-electron chi connectivity index (χ3n) is 5.04. The first-order valence-corrected chi connectivity index (χ1v) is 11.9. The lowest BCUT2D eigenvalue weighted by molar-refractivity contribution is 0.201. The summed E-state index contributed by atoms with van der Waals surface area (Å²) in [7, 11) is 0. The molecular formula is C25H29N5O3S. The standard InChI is InChI=1S/C25H29N5O3S/c1-17(2)15-30(16-18-7-6-10-20(13-18)24(26)27)25(31)28-21-11-12-22(19-8-4-3-5-9-19)23(14-21)29-34(32)33/h3-14,17,29H,15-16H2,1-2H3,(H3,26,27)(H,28,31)(H,32,33). The van der Waals surface area contributed by atoms with E-state index in [2.05, 4.69) is 10.0 Å². The number of anilines is 2. The molecule has 0 aliphatic heterocycles.